The number of hydrogen-bond donors (Lipinski definition) is 2. The Bertz CT molecular complexity index is 644. The molecule has 0 aromatic heterocycles. The summed E-state index contributed by atoms with van der Waals surface area (Å²) in [4.78, 5) is 7.29. The van der Waals surface area contributed by atoms with Crippen molar-refractivity contribution in [3.05, 3.63) is 17.7 Å². The molecular formula is C21H37IN4O3. The second kappa shape index (κ2) is 12.3. The number of methoxy groups -OCH3 is 3. The Morgan fingerprint density at radius 2 is 1.76 bits per heavy atom. The fraction of sp³-hybridized carbons (Fsp3) is 0.667. The monoisotopic (exact) mass is 520 g/mol. The van der Waals surface area contributed by atoms with E-state index >= 15 is 0 Å². The van der Waals surface area contributed by atoms with Crippen LogP contribution in [0.3, 0.4) is 0 Å². The van der Waals surface area contributed by atoms with Crippen LogP contribution in [0.25, 0.3) is 0 Å². The third-order valence-electron chi connectivity index (χ3n) is 5.18. The number of ether oxygens (including phenoxy) is 3. The van der Waals surface area contributed by atoms with Crippen molar-refractivity contribution in [2.24, 2.45) is 10.9 Å². The van der Waals surface area contributed by atoms with Gasteiger partial charge in [-0.3, -0.25) is 4.90 Å². The van der Waals surface area contributed by atoms with Gasteiger partial charge in [-0.05, 0) is 44.4 Å². The molecule has 2 unspecified atom stereocenters. The lowest BCUT2D eigenvalue weighted by molar-refractivity contribution is 0.265. The molecule has 166 valence electrons. The fourth-order valence-electron chi connectivity index (χ4n) is 3.51. The average Bonchev–Trinajstić information content (AvgIpc) is 3.06. The van der Waals surface area contributed by atoms with Crippen LogP contribution >= 0.6 is 24.0 Å². The third kappa shape index (κ3) is 6.80. The summed E-state index contributed by atoms with van der Waals surface area (Å²) in [7, 11) is 4.85. The molecule has 8 heteroatoms. The van der Waals surface area contributed by atoms with Crippen molar-refractivity contribution in [3.63, 3.8) is 0 Å². The van der Waals surface area contributed by atoms with E-state index in [1.807, 2.05) is 12.1 Å². The molecule has 1 aliphatic rings. The summed E-state index contributed by atoms with van der Waals surface area (Å²) in [6, 6.07) is 4.83. The summed E-state index contributed by atoms with van der Waals surface area (Å²) < 4.78 is 16.3. The van der Waals surface area contributed by atoms with Crippen LogP contribution in [0.15, 0.2) is 17.1 Å². The van der Waals surface area contributed by atoms with E-state index in [0.717, 1.165) is 31.2 Å². The molecule has 29 heavy (non-hydrogen) atoms. The number of nitrogens with one attached hydrogen (secondary N) is 2. The molecule has 0 saturated carbocycles. The standard InChI is InChI=1S/C21H36N4O3.HI/c1-8-22-21(24-17-13-25(14(2)3)12-15(17)4)23-11-16-9-18(26-5)20(28-7)19(10-16)27-6;/h9-10,14-15,17H,8,11-13H2,1-7H3,(H2,22,23,24);1H. The molecule has 1 fully saturated rings. The Kier molecular flexibility index (Phi) is 10.9. The molecule has 0 spiro atoms. The van der Waals surface area contributed by atoms with E-state index in [-0.39, 0.29) is 24.0 Å². The number of guanidine groups is 1. The van der Waals surface area contributed by atoms with Gasteiger partial charge in [-0.1, -0.05) is 6.92 Å². The first kappa shape index (κ1) is 25.6. The minimum atomic E-state index is 0. The molecule has 1 aliphatic heterocycles. The lowest BCUT2D eigenvalue weighted by Crippen LogP contribution is -2.46. The van der Waals surface area contributed by atoms with Gasteiger partial charge in [0.05, 0.1) is 27.9 Å². The maximum absolute atomic E-state index is 5.44. The number of hydrogen-bond acceptors (Lipinski definition) is 5. The van der Waals surface area contributed by atoms with Crippen molar-refractivity contribution in [1.29, 1.82) is 0 Å². The zero-order valence-electron chi connectivity index (χ0n) is 18.7. The predicted octanol–water partition coefficient (Wildman–Crippen LogP) is 3.11. The van der Waals surface area contributed by atoms with Gasteiger partial charge < -0.3 is 24.8 Å². The lowest BCUT2D eigenvalue weighted by Gasteiger charge is -2.22. The molecule has 2 rings (SSSR count). The van der Waals surface area contributed by atoms with Gasteiger partial charge in [0.15, 0.2) is 17.5 Å². The van der Waals surface area contributed by atoms with Gasteiger partial charge in [0.2, 0.25) is 5.75 Å². The van der Waals surface area contributed by atoms with Gasteiger partial charge in [-0.2, -0.15) is 0 Å². The van der Waals surface area contributed by atoms with Crippen LogP contribution in [-0.2, 0) is 6.54 Å². The molecule has 1 aromatic rings. The van der Waals surface area contributed by atoms with Crippen molar-refractivity contribution in [2.75, 3.05) is 41.0 Å². The third-order valence-corrected chi connectivity index (χ3v) is 5.18. The zero-order valence-corrected chi connectivity index (χ0v) is 21.1. The first-order chi connectivity index (χ1) is 13.4. The van der Waals surface area contributed by atoms with Crippen molar-refractivity contribution in [1.82, 2.24) is 15.5 Å². The quantitative estimate of drug-likeness (QED) is 0.312. The highest BCUT2D eigenvalue weighted by atomic mass is 127. The van der Waals surface area contributed by atoms with Gasteiger partial charge in [-0.15, -0.1) is 24.0 Å². The van der Waals surface area contributed by atoms with E-state index in [0.29, 0.717) is 41.8 Å². The number of aliphatic imine (C=N–C) groups is 1. The average molecular weight is 520 g/mol. The summed E-state index contributed by atoms with van der Waals surface area (Å²) in [6.07, 6.45) is 0. The number of benzene rings is 1. The predicted molar refractivity (Wildman–Crippen MR) is 129 cm³/mol. The summed E-state index contributed by atoms with van der Waals surface area (Å²) in [5, 5.41) is 6.97. The smallest absolute Gasteiger partial charge is 0.203 e. The summed E-state index contributed by atoms with van der Waals surface area (Å²) >= 11 is 0. The molecule has 0 aliphatic carbocycles. The normalized spacial score (nSPS) is 19.7. The molecule has 0 amide bonds. The van der Waals surface area contributed by atoms with Gasteiger partial charge >= 0.3 is 0 Å². The summed E-state index contributed by atoms with van der Waals surface area (Å²) in [5.74, 6) is 3.28. The highest BCUT2D eigenvalue weighted by Gasteiger charge is 2.31. The minimum absolute atomic E-state index is 0. The van der Waals surface area contributed by atoms with Crippen molar-refractivity contribution in [3.8, 4) is 17.2 Å². The minimum Gasteiger partial charge on any atom is -0.493 e. The fourth-order valence-corrected chi connectivity index (χ4v) is 3.51. The molecule has 1 aromatic carbocycles. The maximum Gasteiger partial charge on any atom is 0.203 e. The van der Waals surface area contributed by atoms with E-state index in [9.17, 15) is 0 Å². The highest BCUT2D eigenvalue weighted by Crippen LogP contribution is 2.38. The van der Waals surface area contributed by atoms with Crippen molar-refractivity contribution < 1.29 is 14.2 Å². The Morgan fingerprint density at radius 3 is 2.21 bits per heavy atom. The van der Waals surface area contributed by atoms with Gasteiger partial charge in [0.1, 0.15) is 0 Å². The Hall–Kier alpha value is -1.42. The van der Waals surface area contributed by atoms with E-state index in [2.05, 4.69) is 43.2 Å². The van der Waals surface area contributed by atoms with Crippen molar-refractivity contribution in [2.45, 2.75) is 46.3 Å². The number of halogens is 1. The van der Waals surface area contributed by atoms with Gasteiger partial charge in [0.25, 0.3) is 0 Å². The summed E-state index contributed by atoms with van der Waals surface area (Å²) in [5.41, 5.74) is 0.995. The first-order valence-corrected chi connectivity index (χ1v) is 10.0. The van der Waals surface area contributed by atoms with Crippen LogP contribution < -0.4 is 24.8 Å². The molecule has 1 heterocycles. The van der Waals surface area contributed by atoms with Crippen molar-refractivity contribution >= 4 is 29.9 Å². The Morgan fingerprint density at radius 1 is 1.14 bits per heavy atom. The maximum atomic E-state index is 5.44. The van der Waals surface area contributed by atoms with E-state index in [4.69, 9.17) is 19.2 Å². The van der Waals surface area contributed by atoms with Gasteiger partial charge in [0, 0.05) is 31.7 Å². The van der Waals surface area contributed by atoms with Crippen LogP contribution in [0.2, 0.25) is 0 Å². The summed E-state index contributed by atoms with van der Waals surface area (Å²) in [6.45, 7) is 12.3. The second-order valence-corrected chi connectivity index (χ2v) is 7.50. The molecule has 0 radical (unpaired) electrons. The highest BCUT2D eigenvalue weighted by molar-refractivity contribution is 14.0. The van der Waals surface area contributed by atoms with Crippen LogP contribution in [0.4, 0.5) is 0 Å². The molecule has 2 N–H and O–H groups in total. The Balaban J connectivity index is 0.00000420. The van der Waals surface area contributed by atoms with E-state index in [1.54, 1.807) is 21.3 Å². The van der Waals surface area contributed by atoms with Crippen LogP contribution in [0.5, 0.6) is 17.2 Å². The van der Waals surface area contributed by atoms with Crippen LogP contribution in [-0.4, -0.2) is 63.9 Å². The number of nitrogens with zero attached hydrogens (tertiary/aromatic N) is 2. The van der Waals surface area contributed by atoms with E-state index < -0.39 is 0 Å². The molecule has 2 atom stereocenters. The number of rotatable bonds is 8. The molecular weight excluding hydrogens is 483 g/mol. The topological polar surface area (TPSA) is 67.4 Å². The SMILES string of the molecule is CCNC(=NCc1cc(OC)c(OC)c(OC)c1)NC1CN(C(C)C)CC1C.I. The first-order valence-electron chi connectivity index (χ1n) is 10.0. The molecule has 1 saturated heterocycles. The lowest BCUT2D eigenvalue weighted by atomic mass is 10.1. The molecule has 0 bridgehead atoms. The second-order valence-electron chi connectivity index (χ2n) is 7.50. The van der Waals surface area contributed by atoms with Gasteiger partial charge in [-0.25, -0.2) is 4.99 Å². The zero-order chi connectivity index (χ0) is 20.7. The number of likely N-dealkylation sites (tertiary alicyclic amines) is 1. The largest absolute Gasteiger partial charge is 0.493 e. The van der Waals surface area contributed by atoms with E-state index in [1.165, 1.54) is 0 Å². The van der Waals surface area contributed by atoms with Crippen LogP contribution in [0.1, 0.15) is 33.3 Å². The Labute approximate surface area is 192 Å². The van der Waals surface area contributed by atoms with Crippen LogP contribution in [0, 0.1) is 5.92 Å². The molecule has 7 nitrogen and oxygen atoms in total.